The molecule has 1 fully saturated rings. The van der Waals surface area contributed by atoms with Crippen LogP contribution >= 0.6 is 0 Å². The van der Waals surface area contributed by atoms with Gasteiger partial charge in [0, 0.05) is 30.6 Å². The molecule has 0 aliphatic carbocycles. The first-order chi connectivity index (χ1) is 12.2. The number of nitrogens with one attached hydrogen (secondary N) is 3. The molecule has 0 saturated carbocycles. The van der Waals surface area contributed by atoms with Crippen LogP contribution in [0.4, 0.5) is 16.2 Å². The molecular weight excluding hydrogens is 314 g/mol. The Morgan fingerprint density at radius 3 is 2.52 bits per heavy atom. The van der Waals surface area contributed by atoms with E-state index in [1.165, 1.54) is 5.56 Å². The predicted octanol–water partition coefficient (Wildman–Crippen LogP) is 4.16. The summed E-state index contributed by atoms with van der Waals surface area (Å²) in [6.45, 7) is 3.48. The molecule has 3 N–H and O–H groups in total. The second-order valence-electron chi connectivity index (χ2n) is 6.32. The molecule has 2 aromatic rings. The highest BCUT2D eigenvalue weighted by Crippen LogP contribution is 2.20. The van der Waals surface area contributed by atoms with E-state index in [1.807, 2.05) is 42.5 Å². The third kappa shape index (κ3) is 5.22. The van der Waals surface area contributed by atoms with Crippen molar-refractivity contribution in [1.82, 2.24) is 5.32 Å². The van der Waals surface area contributed by atoms with E-state index in [1.54, 1.807) is 0 Å². The Kier molecular flexibility index (Phi) is 5.90. The number of carbonyl (C=O) groups is 1. The molecule has 25 heavy (non-hydrogen) atoms. The zero-order chi connectivity index (χ0) is 17.5. The SMILES string of the molecule is C[C@@H](Nc1ccc(NC(=O)NC[C@@H]2CCCO2)cc1)c1ccccc1. The molecule has 2 amide bonds. The molecule has 2 atom stereocenters. The summed E-state index contributed by atoms with van der Waals surface area (Å²) in [4.78, 5) is 11.9. The summed E-state index contributed by atoms with van der Waals surface area (Å²) in [6, 6.07) is 18.0. The number of carbonyl (C=O) groups excluding carboxylic acids is 1. The van der Waals surface area contributed by atoms with Crippen LogP contribution in [-0.2, 0) is 4.74 Å². The van der Waals surface area contributed by atoms with E-state index in [9.17, 15) is 4.79 Å². The highest BCUT2D eigenvalue weighted by atomic mass is 16.5. The highest BCUT2D eigenvalue weighted by Gasteiger charge is 2.16. The van der Waals surface area contributed by atoms with Crippen LogP contribution in [0.3, 0.4) is 0 Å². The van der Waals surface area contributed by atoms with Crippen LogP contribution in [0, 0.1) is 0 Å². The average molecular weight is 339 g/mol. The molecule has 1 aliphatic heterocycles. The van der Waals surface area contributed by atoms with Crippen LogP contribution in [0.15, 0.2) is 54.6 Å². The molecule has 3 rings (SSSR count). The molecule has 0 unspecified atom stereocenters. The van der Waals surface area contributed by atoms with Gasteiger partial charge in [-0.25, -0.2) is 4.79 Å². The molecular formula is C20H25N3O2. The zero-order valence-corrected chi connectivity index (χ0v) is 14.5. The average Bonchev–Trinajstić information content (AvgIpc) is 3.16. The fraction of sp³-hybridized carbons (Fsp3) is 0.350. The molecule has 0 bridgehead atoms. The molecule has 1 saturated heterocycles. The minimum atomic E-state index is -0.200. The Bertz CT molecular complexity index is 667. The van der Waals surface area contributed by atoms with Crippen molar-refractivity contribution in [3.05, 3.63) is 60.2 Å². The molecule has 132 valence electrons. The summed E-state index contributed by atoms with van der Waals surface area (Å²) < 4.78 is 5.49. The molecule has 5 heteroatoms. The van der Waals surface area contributed by atoms with Crippen molar-refractivity contribution >= 4 is 17.4 Å². The van der Waals surface area contributed by atoms with E-state index >= 15 is 0 Å². The molecule has 2 aromatic carbocycles. The lowest BCUT2D eigenvalue weighted by Gasteiger charge is -2.16. The lowest BCUT2D eigenvalue weighted by Crippen LogP contribution is -2.35. The van der Waals surface area contributed by atoms with E-state index in [0.29, 0.717) is 6.54 Å². The summed E-state index contributed by atoms with van der Waals surface area (Å²) in [5, 5.41) is 9.15. The highest BCUT2D eigenvalue weighted by molar-refractivity contribution is 5.89. The van der Waals surface area contributed by atoms with Crippen molar-refractivity contribution < 1.29 is 9.53 Å². The Hall–Kier alpha value is -2.53. The second kappa shape index (κ2) is 8.53. The van der Waals surface area contributed by atoms with Crippen molar-refractivity contribution in [2.24, 2.45) is 0 Å². The topological polar surface area (TPSA) is 62.4 Å². The number of urea groups is 1. The smallest absolute Gasteiger partial charge is 0.319 e. The molecule has 0 radical (unpaired) electrons. The fourth-order valence-corrected chi connectivity index (χ4v) is 2.91. The second-order valence-corrected chi connectivity index (χ2v) is 6.32. The number of benzene rings is 2. The molecule has 0 aromatic heterocycles. The van der Waals surface area contributed by atoms with E-state index < -0.39 is 0 Å². The van der Waals surface area contributed by atoms with Gasteiger partial charge in [-0.15, -0.1) is 0 Å². The Labute approximate surface area is 148 Å². The number of amides is 2. The largest absolute Gasteiger partial charge is 0.379 e. The number of anilines is 2. The van der Waals surface area contributed by atoms with Crippen LogP contribution in [-0.4, -0.2) is 25.3 Å². The first-order valence-electron chi connectivity index (χ1n) is 8.79. The van der Waals surface area contributed by atoms with Gasteiger partial charge < -0.3 is 20.7 Å². The maximum absolute atomic E-state index is 11.9. The van der Waals surface area contributed by atoms with Crippen LogP contribution < -0.4 is 16.0 Å². The number of rotatable bonds is 6. The Morgan fingerprint density at radius 1 is 1.12 bits per heavy atom. The van der Waals surface area contributed by atoms with Gasteiger partial charge in [0.25, 0.3) is 0 Å². The van der Waals surface area contributed by atoms with E-state index in [4.69, 9.17) is 4.74 Å². The van der Waals surface area contributed by atoms with Gasteiger partial charge in [0.05, 0.1) is 6.10 Å². The summed E-state index contributed by atoms with van der Waals surface area (Å²) in [6.07, 6.45) is 2.24. The molecule has 1 heterocycles. The van der Waals surface area contributed by atoms with Gasteiger partial charge in [0.2, 0.25) is 0 Å². The van der Waals surface area contributed by atoms with Gasteiger partial charge in [-0.1, -0.05) is 30.3 Å². The van der Waals surface area contributed by atoms with Crippen LogP contribution in [0.25, 0.3) is 0 Å². The summed E-state index contributed by atoms with van der Waals surface area (Å²) in [7, 11) is 0. The van der Waals surface area contributed by atoms with Gasteiger partial charge in [0.1, 0.15) is 0 Å². The standard InChI is InChI=1S/C20H25N3O2/c1-15(16-6-3-2-4-7-16)22-17-9-11-18(12-10-17)23-20(24)21-14-19-8-5-13-25-19/h2-4,6-7,9-12,15,19,22H,5,8,13-14H2,1H3,(H2,21,23,24)/t15-,19+/m1/s1. The van der Waals surface area contributed by atoms with E-state index in [0.717, 1.165) is 30.8 Å². The lowest BCUT2D eigenvalue weighted by atomic mass is 10.1. The molecule has 0 spiro atoms. The maximum atomic E-state index is 11.9. The molecule has 5 nitrogen and oxygen atoms in total. The predicted molar refractivity (Wildman–Crippen MR) is 101 cm³/mol. The van der Waals surface area contributed by atoms with Crippen molar-refractivity contribution in [1.29, 1.82) is 0 Å². The number of hydrogen-bond acceptors (Lipinski definition) is 3. The normalized spacial score (nSPS) is 17.7. The third-order valence-electron chi connectivity index (χ3n) is 4.34. The maximum Gasteiger partial charge on any atom is 0.319 e. The van der Waals surface area contributed by atoms with Crippen molar-refractivity contribution in [2.75, 3.05) is 23.8 Å². The van der Waals surface area contributed by atoms with Crippen molar-refractivity contribution in [3.8, 4) is 0 Å². The quantitative estimate of drug-likeness (QED) is 0.740. The Morgan fingerprint density at radius 2 is 1.84 bits per heavy atom. The van der Waals surface area contributed by atoms with Gasteiger partial charge in [-0.2, -0.15) is 0 Å². The van der Waals surface area contributed by atoms with Crippen LogP contribution in [0.5, 0.6) is 0 Å². The van der Waals surface area contributed by atoms with Gasteiger partial charge >= 0.3 is 6.03 Å². The lowest BCUT2D eigenvalue weighted by molar-refractivity contribution is 0.112. The van der Waals surface area contributed by atoms with Crippen LogP contribution in [0.1, 0.15) is 31.4 Å². The number of hydrogen-bond donors (Lipinski definition) is 3. The van der Waals surface area contributed by atoms with Crippen molar-refractivity contribution in [2.45, 2.75) is 31.9 Å². The minimum absolute atomic E-state index is 0.150. The van der Waals surface area contributed by atoms with Gasteiger partial charge in [0.15, 0.2) is 0 Å². The van der Waals surface area contributed by atoms with E-state index in [2.05, 4.69) is 35.0 Å². The third-order valence-corrected chi connectivity index (χ3v) is 4.34. The van der Waals surface area contributed by atoms with E-state index in [-0.39, 0.29) is 18.2 Å². The first-order valence-corrected chi connectivity index (χ1v) is 8.79. The number of ether oxygens (including phenoxy) is 1. The van der Waals surface area contributed by atoms with Gasteiger partial charge in [-0.3, -0.25) is 0 Å². The first kappa shape index (κ1) is 17.3. The summed E-state index contributed by atoms with van der Waals surface area (Å²) in [5.74, 6) is 0. The monoisotopic (exact) mass is 339 g/mol. The van der Waals surface area contributed by atoms with Crippen LogP contribution in [0.2, 0.25) is 0 Å². The van der Waals surface area contributed by atoms with Crippen molar-refractivity contribution in [3.63, 3.8) is 0 Å². The van der Waals surface area contributed by atoms with Gasteiger partial charge in [-0.05, 0) is 49.6 Å². The fourth-order valence-electron chi connectivity index (χ4n) is 2.91. The zero-order valence-electron chi connectivity index (χ0n) is 14.5. The Balaban J connectivity index is 1.47. The summed E-state index contributed by atoms with van der Waals surface area (Å²) >= 11 is 0. The minimum Gasteiger partial charge on any atom is -0.379 e. The molecule has 1 aliphatic rings. The summed E-state index contributed by atoms with van der Waals surface area (Å²) in [5.41, 5.74) is 3.02.